The van der Waals surface area contributed by atoms with E-state index in [0.717, 1.165) is 51.2 Å². The van der Waals surface area contributed by atoms with Crippen LogP contribution in [0.2, 0.25) is 0 Å². The molecule has 0 spiro atoms. The topological polar surface area (TPSA) is 36.4 Å². The highest BCUT2D eigenvalue weighted by Gasteiger charge is 2.22. The van der Waals surface area contributed by atoms with Crippen LogP contribution >= 0.6 is 23.1 Å². The number of hydrogen-bond acceptors (Lipinski definition) is 5. The Hall–Kier alpha value is -1.89. The fourth-order valence-corrected chi connectivity index (χ4v) is 5.35. The standard InChI is InChI=1S/C24H31N3OS2/c1-6-26(7-2)12-13-27(23(28)19-10-9-11-20(16-19)29-8-3)24-25-21-15-17(4)14-18(5)22(21)30-24/h9-11,14-16H,6-8,12-13H2,1-5H3. The molecule has 3 rings (SSSR count). The zero-order chi connectivity index (χ0) is 21.7. The first kappa shape index (κ1) is 22.8. The normalized spacial score (nSPS) is 11.4. The number of amides is 1. The van der Waals surface area contributed by atoms with Gasteiger partial charge in [-0.3, -0.25) is 9.69 Å². The Bertz CT molecular complexity index is 1010. The number of carbonyl (C=O) groups is 1. The monoisotopic (exact) mass is 441 g/mol. The van der Waals surface area contributed by atoms with Crippen molar-refractivity contribution in [2.24, 2.45) is 0 Å². The summed E-state index contributed by atoms with van der Waals surface area (Å²) in [5.74, 6) is 1.01. The molecule has 0 aliphatic carbocycles. The van der Waals surface area contributed by atoms with E-state index in [4.69, 9.17) is 4.98 Å². The van der Waals surface area contributed by atoms with Gasteiger partial charge < -0.3 is 4.90 Å². The number of likely N-dealkylation sites (N-methyl/N-ethyl adjacent to an activating group) is 1. The molecule has 0 aliphatic rings. The maximum atomic E-state index is 13.6. The molecule has 0 radical (unpaired) electrons. The number of anilines is 1. The number of carbonyl (C=O) groups excluding carboxylic acids is 1. The molecule has 6 heteroatoms. The lowest BCUT2D eigenvalue weighted by Crippen LogP contribution is -2.38. The fourth-order valence-electron chi connectivity index (χ4n) is 3.59. The number of benzene rings is 2. The van der Waals surface area contributed by atoms with Crippen LogP contribution in [0, 0.1) is 13.8 Å². The van der Waals surface area contributed by atoms with E-state index in [-0.39, 0.29) is 5.91 Å². The smallest absolute Gasteiger partial charge is 0.260 e. The molecule has 0 saturated carbocycles. The van der Waals surface area contributed by atoms with Gasteiger partial charge in [-0.05, 0) is 68.1 Å². The molecule has 1 amide bonds. The predicted octanol–water partition coefficient (Wildman–Crippen LogP) is 6.01. The lowest BCUT2D eigenvalue weighted by Gasteiger charge is -2.25. The second-order valence-electron chi connectivity index (χ2n) is 7.37. The predicted molar refractivity (Wildman–Crippen MR) is 131 cm³/mol. The minimum Gasteiger partial charge on any atom is -0.302 e. The minimum atomic E-state index is 0.0224. The number of rotatable bonds is 9. The van der Waals surface area contributed by atoms with E-state index >= 15 is 0 Å². The van der Waals surface area contributed by atoms with Gasteiger partial charge >= 0.3 is 0 Å². The molecule has 160 valence electrons. The lowest BCUT2D eigenvalue weighted by molar-refractivity contribution is 0.0983. The van der Waals surface area contributed by atoms with E-state index in [1.165, 1.54) is 11.1 Å². The average Bonchev–Trinajstić information content (AvgIpc) is 3.15. The molecule has 0 unspecified atom stereocenters. The zero-order valence-corrected chi connectivity index (χ0v) is 20.2. The van der Waals surface area contributed by atoms with Gasteiger partial charge in [-0.2, -0.15) is 0 Å². The van der Waals surface area contributed by atoms with Crippen LogP contribution in [-0.4, -0.2) is 47.7 Å². The molecule has 2 aromatic carbocycles. The van der Waals surface area contributed by atoms with E-state index in [0.29, 0.717) is 6.54 Å². The molecule has 0 saturated heterocycles. The van der Waals surface area contributed by atoms with Gasteiger partial charge in [0.15, 0.2) is 5.13 Å². The summed E-state index contributed by atoms with van der Waals surface area (Å²) < 4.78 is 1.16. The third-order valence-electron chi connectivity index (χ3n) is 5.21. The first-order valence-corrected chi connectivity index (χ1v) is 12.4. The summed E-state index contributed by atoms with van der Waals surface area (Å²) in [6.45, 7) is 14.0. The average molecular weight is 442 g/mol. The summed E-state index contributed by atoms with van der Waals surface area (Å²) in [4.78, 5) is 23.8. The molecule has 4 nitrogen and oxygen atoms in total. The molecule has 0 N–H and O–H groups in total. The van der Waals surface area contributed by atoms with Crippen molar-refractivity contribution in [3.8, 4) is 0 Å². The van der Waals surface area contributed by atoms with Crippen LogP contribution in [0.3, 0.4) is 0 Å². The van der Waals surface area contributed by atoms with Crippen molar-refractivity contribution < 1.29 is 4.79 Å². The summed E-state index contributed by atoms with van der Waals surface area (Å²) in [6.07, 6.45) is 0. The van der Waals surface area contributed by atoms with E-state index in [1.54, 1.807) is 23.1 Å². The third kappa shape index (κ3) is 5.23. The molecule has 0 aliphatic heterocycles. The lowest BCUT2D eigenvalue weighted by atomic mass is 10.1. The van der Waals surface area contributed by atoms with Crippen LogP contribution in [0.1, 0.15) is 42.3 Å². The summed E-state index contributed by atoms with van der Waals surface area (Å²) in [5.41, 5.74) is 4.11. The number of fused-ring (bicyclic) bond motifs is 1. The van der Waals surface area contributed by atoms with Gasteiger partial charge in [0.05, 0.1) is 10.2 Å². The molecule has 0 atom stereocenters. The second-order valence-corrected chi connectivity index (χ2v) is 9.69. The highest BCUT2D eigenvalue weighted by atomic mass is 32.2. The Morgan fingerprint density at radius 3 is 2.53 bits per heavy atom. The maximum Gasteiger partial charge on any atom is 0.260 e. The van der Waals surface area contributed by atoms with E-state index < -0.39 is 0 Å². The molecule has 30 heavy (non-hydrogen) atoms. The number of hydrogen-bond donors (Lipinski definition) is 0. The van der Waals surface area contributed by atoms with E-state index in [2.05, 4.69) is 57.7 Å². The van der Waals surface area contributed by atoms with Crippen molar-refractivity contribution in [3.05, 3.63) is 53.1 Å². The zero-order valence-electron chi connectivity index (χ0n) is 18.6. The van der Waals surface area contributed by atoms with Crippen LogP contribution in [0.25, 0.3) is 10.2 Å². The Balaban J connectivity index is 1.99. The first-order chi connectivity index (χ1) is 14.5. The molecule has 0 bridgehead atoms. The molecule has 0 fully saturated rings. The third-order valence-corrected chi connectivity index (χ3v) is 7.32. The van der Waals surface area contributed by atoms with E-state index in [9.17, 15) is 4.79 Å². The Morgan fingerprint density at radius 1 is 1.07 bits per heavy atom. The summed E-state index contributed by atoms with van der Waals surface area (Å²) in [6, 6.07) is 12.2. The van der Waals surface area contributed by atoms with Crippen molar-refractivity contribution in [1.82, 2.24) is 9.88 Å². The Kier molecular flexibility index (Phi) is 7.92. The number of thioether (sulfide) groups is 1. The SMILES string of the molecule is CCSc1cccc(C(=O)N(CCN(CC)CC)c2nc3cc(C)cc(C)c3s2)c1. The number of aromatic nitrogens is 1. The minimum absolute atomic E-state index is 0.0224. The second kappa shape index (κ2) is 10.4. The van der Waals surface area contributed by atoms with Gasteiger partial charge in [0.2, 0.25) is 0 Å². The van der Waals surface area contributed by atoms with Gasteiger partial charge in [0.1, 0.15) is 0 Å². The van der Waals surface area contributed by atoms with Crippen LogP contribution in [0.15, 0.2) is 41.3 Å². The fraction of sp³-hybridized carbons (Fsp3) is 0.417. The highest BCUT2D eigenvalue weighted by Crippen LogP contribution is 2.33. The number of thiazole rings is 1. The van der Waals surface area contributed by atoms with Crippen molar-refractivity contribution in [2.75, 3.05) is 36.8 Å². The van der Waals surface area contributed by atoms with Gasteiger partial charge in [0, 0.05) is 23.5 Å². The van der Waals surface area contributed by atoms with Crippen molar-refractivity contribution in [3.63, 3.8) is 0 Å². The van der Waals surface area contributed by atoms with E-state index in [1.807, 2.05) is 23.1 Å². The first-order valence-electron chi connectivity index (χ1n) is 10.6. The van der Waals surface area contributed by atoms with Gasteiger partial charge in [-0.1, -0.05) is 44.2 Å². The van der Waals surface area contributed by atoms with Crippen LogP contribution in [0.4, 0.5) is 5.13 Å². The van der Waals surface area contributed by atoms with Crippen LogP contribution < -0.4 is 4.90 Å². The highest BCUT2D eigenvalue weighted by molar-refractivity contribution is 7.99. The summed E-state index contributed by atoms with van der Waals surface area (Å²) in [7, 11) is 0. The van der Waals surface area contributed by atoms with Crippen molar-refractivity contribution >= 4 is 44.4 Å². The van der Waals surface area contributed by atoms with Crippen LogP contribution in [-0.2, 0) is 0 Å². The van der Waals surface area contributed by atoms with Crippen molar-refractivity contribution in [1.29, 1.82) is 0 Å². The Morgan fingerprint density at radius 2 is 1.83 bits per heavy atom. The van der Waals surface area contributed by atoms with Crippen LogP contribution in [0.5, 0.6) is 0 Å². The molecule has 3 aromatic rings. The quantitative estimate of drug-likeness (QED) is 0.381. The maximum absolute atomic E-state index is 13.6. The molecule has 1 aromatic heterocycles. The van der Waals surface area contributed by atoms with Gasteiger partial charge in [-0.25, -0.2) is 4.98 Å². The molecular formula is C24H31N3OS2. The Labute approximate surface area is 188 Å². The molecular weight excluding hydrogens is 410 g/mol. The largest absolute Gasteiger partial charge is 0.302 e. The van der Waals surface area contributed by atoms with Crippen molar-refractivity contribution in [2.45, 2.75) is 39.5 Å². The summed E-state index contributed by atoms with van der Waals surface area (Å²) >= 11 is 3.37. The summed E-state index contributed by atoms with van der Waals surface area (Å²) in [5, 5.41) is 0.782. The molecule has 1 heterocycles. The number of aryl methyl sites for hydroxylation is 2. The number of nitrogens with zero attached hydrogens (tertiary/aromatic N) is 3. The van der Waals surface area contributed by atoms with Gasteiger partial charge in [-0.15, -0.1) is 11.8 Å². The van der Waals surface area contributed by atoms with Gasteiger partial charge in [0.25, 0.3) is 5.91 Å².